The lowest BCUT2D eigenvalue weighted by Crippen LogP contribution is -2.49. The molecule has 0 saturated carbocycles. The summed E-state index contributed by atoms with van der Waals surface area (Å²) in [5.74, 6) is 0. The lowest BCUT2D eigenvalue weighted by Gasteiger charge is -2.21. The fraction of sp³-hybridized carbons (Fsp3) is 0.800. The summed E-state index contributed by atoms with van der Waals surface area (Å²) in [6.07, 6.45) is -1.25. The average molecular weight is 357 g/mol. The summed E-state index contributed by atoms with van der Waals surface area (Å²) in [7, 11) is -11.0. The van der Waals surface area contributed by atoms with Gasteiger partial charge in [0.2, 0.25) is 0 Å². The zero-order chi connectivity index (χ0) is 15.7. The van der Waals surface area contributed by atoms with Crippen molar-refractivity contribution in [2.45, 2.75) is 39.3 Å². The van der Waals surface area contributed by atoms with E-state index in [2.05, 4.69) is 0 Å². The van der Waals surface area contributed by atoms with E-state index in [1.807, 2.05) is 39.3 Å². The SMILES string of the molecule is C[Si](C)(C)C1=C([Si](C)(C)C)[Si]1(S(C)(=O)=O)S(C)(=O)=O. The van der Waals surface area contributed by atoms with E-state index in [9.17, 15) is 16.8 Å². The van der Waals surface area contributed by atoms with Gasteiger partial charge in [0.15, 0.2) is 0 Å². The van der Waals surface area contributed by atoms with Crippen molar-refractivity contribution in [1.29, 1.82) is 0 Å². The standard InChI is InChI=1S/C10H24O4S2Si3/c1-15(11,12)19(16(2,13)14)9(17(3,4)5)10(19)18(6,7)8/h1-8H3. The third-order valence-corrected chi connectivity index (χ3v) is 34.4. The van der Waals surface area contributed by atoms with E-state index in [0.717, 1.165) is 22.2 Å². The molecule has 0 spiro atoms. The lowest BCUT2D eigenvalue weighted by atomic mass is 11.2. The van der Waals surface area contributed by atoms with Crippen molar-refractivity contribution < 1.29 is 16.8 Å². The van der Waals surface area contributed by atoms with Crippen LogP contribution in [0.25, 0.3) is 0 Å². The summed E-state index contributed by atoms with van der Waals surface area (Å²) < 4.78 is 49.4. The van der Waals surface area contributed by atoms with E-state index >= 15 is 0 Å². The smallest absolute Gasteiger partial charge is 0.234 e. The molecule has 1 aliphatic rings. The van der Waals surface area contributed by atoms with Crippen molar-refractivity contribution in [2.24, 2.45) is 0 Å². The van der Waals surface area contributed by atoms with Crippen LogP contribution in [0.1, 0.15) is 0 Å². The maximum absolute atomic E-state index is 12.4. The van der Waals surface area contributed by atoms with Gasteiger partial charge < -0.3 is 0 Å². The van der Waals surface area contributed by atoms with Gasteiger partial charge in [0.05, 0.1) is 16.1 Å². The van der Waals surface area contributed by atoms with E-state index < -0.39 is 41.1 Å². The Morgan fingerprint density at radius 2 is 0.895 bits per heavy atom. The van der Waals surface area contributed by atoms with Crippen LogP contribution in [-0.4, -0.2) is 51.9 Å². The molecule has 0 N–H and O–H groups in total. The van der Waals surface area contributed by atoms with E-state index in [1.54, 1.807) is 0 Å². The Bertz CT molecular complexity index is 588. The first-order chi connectivity index (χ1) is 7.99. The molecular formula is C10H24O4S2Si3. The molecule has 0 radical (unpaired) electrons. The van der Waals surface area contributed by atoms with Crippen LogP contribution in [0, 0.1) is 0 Å². The summed E-state index contributed by atoms with van der Waals surface area (Å²) in [6, 6.07) is 0. The van der Waals surface area contributed by atoms with Crippen LogP contribution in [0.5, 0.6) is 0 Å². The first-order valence-electron chi connectivity index (χ1n) is 6.14. The molecule has 0 aromatic heterocycles. The average Bonchev–Trinajstić information content (AvgIpc) is 2.66. The highest BCUT2D eigenvalue weighted by Gasteiger charge is 2.76. The van der Waals surface area contributed by atoms with Gasteiger partial charge in [0, 0.05) is 12.5 Å². The zero-order valence-corrected chi connectivity index (χ0v) is 17.6. The molecule has 19 heavy (non-hydrogen) atoms. The van der Waals surface area contributed by atoms with Gasteiger partial charge >= 0.3 is 6.37 Å². The van der Waals surface area contributed by atoms with Gasteiger partial charge in [0.25, 0.3) is 0 Å². The second kappa shape index (κ2) is 4.15. The van der Waals surface area contributed by atoms with Crippen LogP contribution in [-0.2, 0) is 18.6 Å². The van der Waals surface area contributed by atoms with E-state index in [1.165, 1.54) is 0 Å². The lowest BCUT2D eigenvalue weighted by molar-refractivity contribution is 0.609. The molecule has 0 atom stereocenters. The molecule has 0 aromatic rings. The Labute approximate surface area is 119 Å². The molecule has 0 fully saturated rings. The van der Waals surface area contributed by atoms with Crippen molar-refractivity contribution >= 4 is 41.1 Å². The predicted molar refractivity (Wildman–Crippen MR) is 89.2 cm³/mol. The third-order valence-electron chi connectivity index (χ3n) is 3.39. The Kier molecular flexibility index (Phi) is 3.79. The van der Waals surface area contributed by atoms with Gasteiger partial charge in [-0.3, -0.25) is 0 Å². The molecule has 0 aromatic carbocycles. The minimum Gasteiger partial charge on any atom is -0.234 e. The van der Waals surface area contributed by atoms with Gasteiger partial charge in [-0.15, -0.1) is 0 Å². The van der Waals surface area contributed by atoms with Gasteiger partial charge in [-0.05, 0) is 0 Å². The molecule has 9 heteroatoms. The molecule has 0 saturated heterocycles. The first-order valence-corrected chi connectivity index (χ1v) is 20.4. The van der Waals surface area contributed by atoms with Crippen LogP contribution in [0.3, 0.4) is 0 Å². The van der Waals surface area contributed by atoms with Crippen molar-refractivity contribution in [3.8, 4) is 0 Å². The Hall–Kier alpha value is 0.291. The molecule has 1 heterocycles. The Balaban J connectivity index is 3.78. The molecule has 0 amide bonds. The quantitative estimate of drug-likeness (QED) is 0.718. The fourth-order valence-corrected chi connectivity index (χ4v) is 53.0. The van der Waals surface area contributed by atoms with Crippen LogP contribution in [0.4, 0.5) is 0 Å². The molecule has 0 aliphatic carbocycles. The van der Waals surface area contributed by atoms with Gasteiger partial charge in [0.1, 0.15) is 18.6 Å². The number of hydrogen-bond acceptors (Lipinski definition) is 4. The van der Waals surface area contributed by atoms with Crippen molar-refractivity contribution in [3.05, 3.63) is 9.64 Å². The van der Waals surface area contributed by atoms with Gasteiger partial charge in [-0.2, -0.15) is 0 Å². The second-order valence-corrected chi connectivity index (χ2v) is 32.6. The maximum Gasteiger partial charge on any atom is 0.370 e. The molecule has 1 aliphatic heterocycles. The zero-order valence-electron chi connectivity index (χ0n) is 12.9. The largest absolute Gasteiger partial charge is 0.370 e. The molecule has 1 rings (SSSR count). The summed E-state index contributed by atoms with van der Waals surface area (Å²) in [5, 5.41) is 0. The molecule has 4 nitrogen and oxygen atoms in total. The molecule has 112 valence electrons. The minimum absolute atomic E-state index is 0.879. The fourth-order valence-electron chi connectivity index (χ4n) is 3.00. The predicted octanol–water partition coefficient (Wildman–Crippen LogP) is 1.66. The van der Waals surface area contributed by atoms with E-state index in [0.29, 0.717) is 0 Å². The number of rotatable bonds is 4. The first kappa shape index (κ1) is 17.3. The van der Waals surface area contributed by atoms with Gasteiger partial charge in [-0.25, -0.2) is 16.8 Å². The van der Waals surface area contributed by atoms with Gasteiger partial charge in [-0.1, -0.05) is 48.9 Å². The Morgan fingerprint density at radius 3 is 0.947 bits per heavy atom. The topological polar surface area (TPSA) is 68.3 Å². The monoisotopic (exact) mass is 356 g/mol. The summed E-state index contributed by atoms with van der Waals surface area (Å²) >= 11 is 0. The van der Waals surface area contributed by atoms with Crippen molar-refractivity contribution in [2.75, 3.05) is 12.5 Å². The van der Waals surface area contributed by atoms with Crippen LogP contribution >= 0.6 is 0 Å². The summed E-state index contributed by atoms with van der Waals surface area (Å²) in [4.78, 5) is 1.76. The molecular weight excluding hydrogens is 332 g/mol. The molecule has 0 unspecified atom stereocenters. The van der Waals surface area contributed by atoms with Crippen LogP contribution in [0.15, 0.2) is 9.64 Å². The van der Waals surface area contributed by atoms with Crippen LogP contribution in [0.2, 0.25) is 39.3 Å². The summed E-state index contributed by atoms with van der Waals surface area (Å²) in [5.41, 5.74) is 0. The maximum atomic E-state index is 12.4. The van der Waals surface area contributed by atoms with Crippen LogP contribution < -0.4 is 0 Å². The molecule has 0 bridgehead atoms. The minimum atomic E-state index is -3.57. The second-order valence-electron chi connectivity index (χ2n) is 7.41. The highest BCUT2D eigenvalue weighted by atomic mass is 32.6. The normalized spacial score (nSPS) is 20.6. The highest BCUT2D eigenvalue weighted by molar-refractivity contribution is 8.55. The van der Waals surface area contributed by atoms with Crippen molar-refractivity contribution in [1.82, 2.24) is 0 Å². The van der Waals surface area contributed by atoms with E-state index in [-0.39, 0.29) is 0 Å². The number of hydrogen-bond donors (Lipinski definition) is 0. The van der Waals surface area contributed by atoms with Crippen molar-refractivity contribution in [3.63, 3.8) is 0 Å². The third kappa shape index (κ3) is 2.47. The Morgan fingerprint density at radius 1 is 0.684 bits per heavy atom. The van der Waals surface area contributed by atoms with E-state index in [4.69, 9.17) is 0 Å². The summed E-state index contributed by atoms with van der Waals surface area (Å²) in [6.45, 7) is 12.3. The highest BCUT2D eigenvalue weighted by Crippen LogP contribution is 2.56.